The van der Waals surface area contributed by atoms with Gasteiger partial charge in [0.2, 0.25) is 5.91 Å². The van der Waals surface area contributed by atoms with Crippen molar-refractivity contribution < 1.29 is 23.2 Å². The monoisotopic (exact) mass is 354 g/mol. The van der Waals surface area contributed by atoms with Gasteiger partial charge in [-0.1, -0.05) is 11.2 Å². The molecule has 0 bridgehead atoms. The maximum absolute atomic E-state index is 13.2. The fourth-order valence-electron chi connectivity index (χ4n) is 2.66. The molecule has 1 N–H and O–H groups in total. The second-order valence-electron chi connectivity index (χ2n) is 5.78. The summed E-state index contributed by atoms with van der Waals surface area (Å²) >= 11 is 0. The van der Waals surface area contributed by atoms with Crippen LogP contribution in [0, 0.1) is 5.82 Å². The van der Waals surface area contributed by atoms with Gasteiger partial charge < -0.3 is 19.3 Å². The van der Waals surface area contributed by atoms with Gasteiger partial charge in [-0.3, -0.25) is 4.79 Å². The number of amides is 1. The molecule has 1 aromatic heterocycles. The van der Waals surface area contributed by atoms with E-state index in [0.29, 0.717) is 41.9 Å². The van der Waals surface area contributed by atoms with Crippen LogP contribution in [-0.2, 0) is 11.2 Å². The number of benzene rings is 2. The van der Waals surface area contributed by atoms with Gasteiger partial charge in [0.25, 0.3) is 0 Å². The topological polar surface area (TPSA) is 73.6 Å². The van der Waals surface area contributed by atoms with E-state index in [4.69, 9.17) is 14.0 Å². The van der Waals surface area contributed by atoms with Crippen LogP contribution in [0.4, 0.5) is 10.1 Å². The Bertz CT molecular complexity index is 954. The maximum atomic E-state index is 13.2. The van der Waals surface area contributed by atoms with Crippen molar-refractivity contribution in [2.24, 2.45) is 0 Å². The van der Waals surface area contributed by atoms with E-state index in [-0.39, 0.29) is 12.3 Å². The molecule has 0 saturated carbocycles. The number of carbonyl (C=O) groups excluding carboxylic acids is 1. The van der Waals surface area contributed by atoms with Crippen molar-refractivity contribution in [1.82, 2.24) is 5.16 Å². The van der Waals surface area contributed by atoms with Crippen molar-refractivity contribution in [3.8, 4) is 22.8 Å². The van der Waals surface area contributed by atoms with Crippen LogP contribution in [0.5, 0.6) is 11.5 Å². The van der Waals surface area contributed by atoms with E-state index < -0.39 is 5.82 Å². The highest BCUT2D eigenvalue weighted by Gasteiger charge is 2.16. The van der Waals surface area contributed by atoms with Gasteiger partial charge in [-0.25, -0.2) is 4.39 Å². The molecule has 132 valence electrons. The van der Waals surface area contributed by atoms with Crippen LogP contribution in [0.25, 0.3) is 11.3 Å². The molecule has 0 atom stereocenters. The molecule has 1 aliphatic rings. The van der Waals surface area contributed by atoms with E-state index in [1.165, 1.54) is 18.2 Å². The van der Waals surface area contributed by atoms with Crippen LogP contribution < -0.4 is 14.8 Å². The van der Waals surface area contributed by atoms with Crippen LogP contribution in [0.15, 0.2) is 53.1 Å². The number of anilines is 1. The van der Waals surface area contributed by atoms with Crippen molar-refractivity contribution in [3.63, 3.8) is 0 Å². The summed E-state index contributed by atoms with van der Waals surface area (Å²) in [6, 6.07) is 12.9. The van der Waals surface area contributed by atoms with Gasteiger partial charge in [-0.15, -0.1) is 0 Å². The number of fused-ring (bicyclic) bond motifs is 1. The zero-order valence-electron chi connectivity index (χ0n) is 13.7. The highest BCUT2D eigenvalue weighted by molar-refractivity contribution is 5.92. The van der Waals surface area contributed by atoms with Crippen LogP contribution in [0.2, 0.25) is 0 Å². The summed E-state index contributed by atoms with van der Waals surface area (Å²) in [5.41, 5.74) is 1.65. The lowest BCUT2D eigenvalue weighted by Crippen LogP contribution is -2.15. The molecule has 0 radical (unpaired) electrons. The molecule has 6 nitrogen and oxygen atoms in total. The van der Waals surface area contributed by atoms with E-state index in [2.05, 4.69) is 10.5 Å². The van der Waals surface area contributed by atoms with Gasteiger partial charge in [0, 0.05) is 17.3 Å². The second kappa shape index (κ2) is 6.87. The first-order chi connectivity index (χ1) is 12.7. The summed E-state index contributed by atoms with van der Waals surface area (Å²) in [5.74, 6) is 1.14. The lowest BCUT2D eigenvalue weighted by Gasteiger charge is -2.18. The number of halogens is 1. The number of rotatable bonds is 4. The van der Waals surface area contributed by atoms with E-state index in [0.717, 1.165) is 5.56 Å². The number of nitrogens with one attached hydrogen (secondary N) is 1. The van der Waals surface area contributed by atoms with Gasteiger partial charge in [-0.2, -0.15) is 0 Å². The van der Waals surface area contributed by atoms with Gasteiger partial charge in [0.15, 0.2) is 17.3 Å². The molecule has 0 unspecified atom stereocenters. The van der Waals surface area contributed by atoms with Crippen molar-refractivity contribution in [1.29, 1.82) is 0 Å². The van der Waals surface area contributed by atoms with Gasteiger partial charge in [0.05, 0.1) is 12.1 Å². The predicted molar refractivity (Wildman–Crippen MR) is 91.7 cm³/mol. The number of ether oxygens (including phenoxy) is 2. The summed E-state index contributed by atoms with van der Waals surface area (Å²) in [5, 5.41) is 6.55. The quantitative estimate of drug-likeness (QED) is 0.777. The van der Waals surface area contributed by atoms with E-state index in [1.807, 2.05) is 18.2 Å². The molecule has 3 aromatic rings. The third-order valence-corrected chi connectivity index (χ3v) is 3.84. The fraction of sp³-hybridized carbons (Fsp3) is 0.158. The van der Waals surface area contributed by atoms with E-state index >= 15 is 0 Å². The van der Waals surface area contributed by atoms with Crippen LogP contribution in [-0.4, -0.2) is 24.3 Å². The zero-order valence-corrected chi connectivity index (χ0v) is 13.7. The summed E-state index contributed by atoms with van der Waals surface area (Å²) in [6.45, 7) is 1.03. The van der Waals surface area contributed by atoms with Gasteiger partial charge in [0.1, 0.15) is 19.0 Å². The van der Waals surface area contributed by atoms with Crippen molar-refractivity contribution >= 4 is 11.6 Å². The average Bonchev–Trinajstić information content (AvgIpc) is 3.09. The normalized spacial score (nSPS) is 12.7. The third kappa shape index (κ3) is 3.51. The van der Waals surface area contributed by atoms with E-state index in [1.54, 1.807) is 12.1 Å². The first-order valence-corrected chi connectivity index (χ1v) is 8.08. The molecule has 4 rings (SSSR count). The molecule has 7 heteroatoms. The summed E-state index contributed by atoms with van der Waals surface area (Å²) in [7, 11) is 0. The molecular formula is C19H15FN2O4. The zero-order chi connectivity index (χ0) is 17.9. The molecule has 2 heterocycles. The minimum Gasteiger partial charge on any atom is -0.486 e. The number of carbonyl (C=O) groups is 1. The summed E-state index contributed by atoms with van der Waals surface area (Å²) in [6.07, 6.45) is 0.0184. The number of hydrogen-bond acceptors (Lipinski definition) is 5. The predicted octanol–water partition coefficient (Wildman–Crippen LogP) is 3.43. The van der Waals surface area contributed by atoms with E-state index in [9.17, 15) is 9.18 Å². The molecule has 0 spiro atoms. The van der Waals surface area contributed by atoms with Gasteiger partial charge >= 0.3 is 0 Å². The first kappa shape index (κ1) is 16.1. The lowest BCUT2D eigenvalue weighted by molar-refractivity contribution is -0.115. The Kier molecular flexibility index (Phi) is 4.27. The number of nitrogens with zero attached hydrogens (tertiary/aromatic N) is 1. The Labute approximate surface area is 148 Å². The van der Waals surface area contributed by atoms with Gasteiger partial charge in [-0.05, 0) is 36.4 Å². The second-order valence-corrected chi connectivity index (χ2v) is 5.78. The minimum absolute atomic E-state index is 0.0184. The lowest BCUT2D eigenvalue weighted by atomic mass is 10.1. The molecule has 1 aliphatic heterocycles. The largest absolute Gasteiger partial charge is 0.486 e. The Morgan fingerprint density at radius 2 is 1.92 bits per heavy atom. The SMILES string of the molecule is O=C(Cc1cc(-c2ccc3c(c2)OCCO3)on1)Nc1cccc(F)c1. The highest BCUT2D eigenvalue weighted by atomic mass is 19.1. The maximum Gasteiger partial charge on any atom is 0.230 e. The third-order valence-electron chi connectivity index (χ3n) is 3.84. The minimum atomic E-state index is -0.412. The molecule has 2 aromatic carbocycles. The number of aromatic nitrogens is 1. The van der Waals surface area contributed by atoms with Crippen molar-refractivity contribution in [2.45, 2.75) is 6.42 Å². The molecule has 0 aliphatic carbocycles. The smallest absolute Gasteiger partial charge is 0.230 e. The van der Waals surface area contributed by atoms with Crippen molar-refractivity contribution in [2.75, 3.05) is 18.5 Å². The Hall–Kier alpha value is -3.35. The standard InChI is InChI=1S/C19H15FN2O4/c20-13-2-1-3-14(9-13)21-19(23)11-15-10-17(26-22-15)12-4-5-16-18(8-12)25-7-6-24-16/h1-5,8-10H,6-7,11H2,(H,21,23). The average molecular weight is 354 g/mol. The number of hydrogen-bond donors (Lipinski definition) is 1. The summed E-state index contributed by atoms with van der Waals surface area (Å²) < 4.78 is 29.5. The molecular weight excluding hydrogens is 339 g/mol. The Morgan fingerprint density at radius 1 is 1.08 bits per heavy atom. The molecule has 1 amide bonds. The fourth-order valence-corrected chi connectivity index (χ4v) is 2.66. The van der Waals surface area contributed by atoms with Crippen LogP contribution in [0.3, 0.4) is 0 Å². The summed E-state index contributed by atoms with van der Waals surface area (Å²) in [4.78, 5) is 12.1. The molecule has 26 heavy (non-hydrogen) atoms. The first-order valence-electron chi connectivity index (χ1n) is 8.08. The van der Waals surface area contributed by atoms with Crippen molar-refractivity contribution in [3.05, 3.63) is 60.0 Å². The Morgan fingerprint density at radius 3 is 2.77 bits per heavy atom. The van der Waals surface area contributed by atoms with Crippen LogP contribution in [0.1, 0.15) is 5.69 Å². The Balaban J connectivity index is 1.45. The molecule has 0 saturated heterocycles. The highest BCUT2D eigenvalue weighted by Crippen LogP contribution is 2.34. The van der Waals surface area contributed by atoms with Crippen LogP contribution >= 0.6 is 0 Å². The molecule has 0 fully saturated rings.